The molecule has 11 heteroatoms. The van der Waals surface area contributed by atoms with Gasteiger partial charge in [0.25, 0.3) is 5.91 Å². The molecule has 0 saturated heterocycles. The first-order chi connectivity index (χ1) is 15.8. The molecule has 3 aromatic rings. The highest BCUT2D eigenvalue weighted by atomic mass is 35.5. The highest BCUT2D eigenvalue weighted by Gasteiger charge is 2.14. The molecule has 0 aliphatic rings. The molecule has 0 saturated carbocycles. The number of amides is 1. The number of nitrogens with zero attached hydrogens (tertiary/aromatic N) is 3. The molecule has 1 aromatic carbocycles. The number of aromatic nitrogens is 5. The molecule has 0 radical (unpaired) electrons. The number of aromatic amines is 2. The molecule has 1 amide bonds. The van der Waals surface area contributed by atoms with Crippen LogP contribution in [0.25, 0.3) is 16.5 Å². The largest absolute Gasteiger partial charge is 0.493 e. The molecule has 0 bridgehead atoms. The summed E-state index contributed by atoms with van der Waals surface area (Å²) in [5.41, 5.74) is 1.97. The number of carbonyl (C=O) groups excluding carboxylic acids is 1. The Morgan fingerprint density at radius 2 is 2.09 bits per heavy atom. The van der Waals surface area contributed by atoms with Crippen molar-refractivity contribution in [3.05, 3.63) is 59.4 Å². The van der Waals surface area contributed by atoms with Crippen LogP contribution in [-0.4, -0.2) is 51.0 Å². The van der Waals surface area contributed by atoms with Crippen molar-refractivity contribution in [3.63, 3.8) is 0 Å². The number of fused-ring (bicyclic) bond motifs is 1. The molecule has 0 aliphatic heterocycles. The van der Waals surface area contributed by atoms with E-state index >= 15 is 0 Å². The van der Waals surface area contributed by atoms with Crippen LogP contribution in [-0.2, 0) is 14.3 Å². The number of ether oxygens (including phenoxy) is 2. The van der Waals surface area contributed by atoms with Crippen LogP contribution in [0.5, 0.6) is 0 Å². The lowest BCUT2D eigenvalue weighted by Crippen LogP contribution is -2.33. The summed E-state index contributed by atoms with van der Waals surface area (Å²) in [6.07, 6.45) is 5.00. The van der Waals surface area contributed by atoms with E-state index in [4.69, 9.17) is 21.1 Å². The topological polar surface area (TPSA) is 130 Å². The summed E-state index contributed by atoms with van der Waals surface area (Å²) >= 11 is 6.44. The van der Waals surface area contributed by atoms with Gasteiger partial charge in [-0.1, -0.05) is 18.2 Å². The van der Waals surface area contributed by atoms with Crippen LogP contribution in [0, 0.1) is 0 Å². The van der Waals surface area contributed by atoms with E-state index in [-0.39, 0.29) is 18.6 Å². The van der Waals surface area contributed by atoms with Crippen molar-refractivity contribution in [2.45, 2.75) is 26.8 Å². The van der Waals surface area contributed by atoms with Gasteiger partial charge in [-0.3, -0.25) is 15.0 Å². The third-order valence-electron chi connectivity index (χ3n) is 4.43. The zero-order chi connectivity index (χ0) is 24.0. The van der Waals surface area contributed by atoms with Crippen molar-refractivity contribution >= 4 is 45.6 Å². The number of hydrogen-bond acceptors (Lipinski definition) is 7. The highest BCUT2D eigenvalue weighted by molar-refractivity contribution is 6.38. The lowest BCUT2D eigenvalue weighted by Gasteiger charge is -2.14. The first-order valence-electron chi connectivity index (χ1n) is 10.2. The summed E-state index contributed by atoms with van der Waals surface area (Å²) < 4.78 is 11.0. The van der Waals surface area contributed by atoms with E-state index in [1.807, 2.05) is 26.0 Å². The van der Waals surface area contributed by atoms with Crippen molar-refractivity contribution in [1.29, 1.82) is 0 Å². The Morgan fingerprint density at radius 3 is 2.79 bits per heavy atom. The quantitative estimate of drug-likeness (QED) is 0.259. The number of carbonyl (C=O) groups is 1. The molecule has 0 unspecified atom stereocenters. The fourth-order valence-electron chi connectivity index (χ4n) is 2.92. The van der Waals surface area contributed by atoms with E-state index in [0.717, 1.165) is 10.9 Å². The van der Waals surface area contributed by atoms with Gasteiger partial charge < -0.3 is 20.1 Å². The number of benzene rings is 1. The molecule has 0 fully saturated rings. The van der Waals surface area contributed by atoms with Crippen molar-refractivity contribution in [1.82, 2.24) is 30.7 Å². The minimum atomic E-state index is -0.225. The van der Waals surface area contributed by atoms with E-state index < -0.39 is 0 Å². The number of anilines is 2. The van der Waals surface area contributed by atoms with Crippen LogP contribution >= 0.6 is 11.6 Å². The van der Waals surface area contributed by atoms with Gasteiger partial charge in [0, 0.05) is 17.0 Å². The van der Waals surface area contributed by atoms with Crippen molar-refractivity contribution in [2.24, 2.45) is 0 Å². The summed E-state index contributed by atoms with van der Waals surface area (Å²) in [5.74, 6) is 1.29. The van der Waals surface area contributed by atoms with Gasteiger partial charge in [-0.05, 0) is 45.1 Å². The molecular formula is C22H26ClN7O3. The normalized spacial score (nSPS) is 12.2. The second-order valence-electron chi connectivity index (χ2n) is 7.29. The second kappa shape index (κ2) is 10.7. The number of H-pyrrole nitrogens is 2. The molecular weight excluding hydrogens is 446 g/mol. The molecule has 10 nitrogen and oxygen atoms in total. The van der Waals surface area contributed by atoms with E-state index in [0.29, 0.717) is 39.6 Å². The molecule has 33 heavy (non-hydrogen) atoms. The third kappa shape index (κ3) is 5.92. The van der Waals surface area contributed by atoms with Crippen molar-refractivity contribution < 1.29 is 14.3 Å². The number of hydrogen-bond donors (Lipinski definition) is 4. The summed E-state index contributed by atoms with van der Waals surface area (Å²) in [6, 6.07) is 3.69. The zero-order valence-electron chi connectivity index (χ0n) is 18.8. The Balaban J connectivity index is 1.70. The Hall–Kier alpha value is -3.79. The number of rotatable bonds is 10. The highest BCUT2D eigenvalue weighted by Crippen LogP contribution is 2.31. The maximum atomic E-state index is 11.9. The van der Waals surface area contributed by atoms with Gasteiger partial charge in [-0.2, -0.15) is 10.1 Å². The minimum absolute atomic E-state index is 0.0260. The van der Waals surface area contributed by atoms with Crippen LogP contribution < -0.4 is 10.6 Å². The average Bonchev–Trinajstić information content (AvgIpc) is 3.44. The molecule has 0 aliphatic carbocycles. The van der Waals surface area contributed by atoms with E-state index in [9.17, 15) is 4.79 Å². The summed E-state index contributed by atoms with van der Waals surface area (Å²) in [6.45, 7) is 9.42. The lowest BCUT2D eigenvalue weighted by atomic mass is 10.2. The zero-order valence-corrected chi connectivity index (χ0v) is 19.6. The van der Waals surface area contributed by atoms with E-state index in [1.54, 1.807) is 25.3 Å². The van der Waals surface area contributed by atoms with Crippen LogP contribution in [0.2, 0.25) is 5.02 Å². The Kier molecular flexibility index (Phi) is 7.73. The molecule has 0 atom stereocenters. The van der Waals surface area contributed by atoms with Crippen LogP contribution in [0.4, 0.5) is 11.6 Å². The van der Waals surface area contributed by atoms with Crippen molar-refractivity contribution in [2.75, 3.05) is 19.0 Å². The Bertz CT molecular complexity index is 1210. The fraction of sp³-hybridized carbons (Fsp3) is 0.273. The molecule has 0 spiro atoms. The third-order valence-corrected chi connectivity index (χ3v) is 4.84. The van der Waals surface area contributed by atoms with Crippen LogP contribution in [0.1, 0.15) is 26.6 Å². The summed E-state index contributed by atoms with van der Waals surface area (Å²) in [4.78, 5) is 16.3. The predicted octanol–water partition coefficient (Wildman–Crippen LogP) is 4.07. The SMILES string of the molecule is C=C(/C=C(OC)\C(=C/C)OCC(=O)NC(C)C)c1nc(Nc2ccc3[nH]ncc3c2Cl)n[nH]1. The number of nitrogens with one attached hydrogen (secondary N) is 4. The standard InChI is InChI=1S/C22H26ClN7O3/c1-6-17(33-11-19(31)25-12(2)3)18(32-5)9-13(4)21-27-22(30-29-21)26-16-8-7-15-14(20(16)23)10-24-28-15/h6-10,12H,4,11H2,1-3,5H3,(H,24,28)(H,25,31)(H2,26,27,29,30)/b17-6+,18-9+. The van der Waals surface area contributed by atoms with Gasteiger partial charge >= 0.3 is 0 Å². The van der Waals surface area contributed by atoms with Gasteiger partial charge in [0.05, 0.1) is 29.5 Å². The number of methoxy groups -OCH3 is 1. The summed E-state index contributed by atoms with van der Waals surface area (Å²) in [5, 5.41) is 21.0. The van der Waals surface area contributed by atoms with Crippen LogP contribution in [0.15, 0.2) is 48.6 Å². The molecule has 3 rings (SSSR count). The fourth-order valence-corrected chi connectivity index (χ4v) is 3.18. The predicted molar refractivity (Wildman–Crippen MR) is 128 cm³/mol. The number of allylic oxidation sites excluding steroid dienone is 3. The van der Waals surface area contributed by atoms with Gasteiger partial charge in [0.2, 0.25) is 5.95 Å². The van der Waals surface area contributed by atoms with Gasteiger partial charge in [0.1, 0.15) is 0 Å². The number of halogens is 1. The first kappa shape index (κ1) is 23.9. The maximum absolute atomic E-state index is 11.9. The second-order valence-corrected chi connectivity index (χ2v) is 7.67. The minimum Gasteiger partial charge on any atom is -0.493 e. The molecule has 2 heterocycles. The average molecular weight is 472 g/mol. The molecule has 2 aromatic heterocycles. The maximum Gasteiger partial charge on any atom is 0.258 e. The first-order valence-corrected chi connectivity index (χ1v) is 10.5. The summed E-state index contributed by atoms with van der Waals surface area (Å²) in [7, 11) is 1.50. The molecule has 4 N–H and O–H groups in total. The lowest BCUT2D eigenvalue weighted by molar-refractivity contribution is -0.124. The Labute approximate surface area is 196 Å². The van der Waals surface area contributed by atoms with Gasteiger partial charge in [0.15, 0.2) is 23.9 Å². The monoisotopic (exact) mass is 471 g/mol. The Morgan fingerprint density at radius 1 is 1.30 bits per heavy atom. The molecule has 174 valence electrons. The van der Waals surface area contributed by atoms with E-state index in [2.05, 4.69) is 42.6 Å². The van der Waals surface area contributed by atoms with E-state index in [1.165, 1.54) is 7.11 Å². The van der Waals surface area contributed by atoms with Crippen molar-refractivity contribution in [3.8, 4) is 0 Å². The van der Waals surface area contributed by atoms with Crippen LogP contribution in [0.3, 0.4) is 0 Å². The van der Waals surface area contributed by atoms with Gasteiger partial charge in [-0.15, -0.1) is 5.10 Å². The smallest absolute Gasteiger partial charge is 0.258 e. The van der Waals surface area contributed by atoms with Gasteiger partial charge in [-0.25, -0.2) is 0 Å².